The largest absolute Gasteiger partial charge is 0.355 e. The molecule has 0 unspecified atom stereocenters. The molecule has 2 amide bonds. The molecule has 3 N–H and O–H groups in total. The van der Waals surface area contributed by atoms with Crippen LogP contribution in [0.3, 0.4) is 0 Å². The Morgan fingerprint density at radius 3 is 2.84 bits per heavy atom. The minimum Gasteiger partial charge on any atom is -0.355 e. The highest BCUT2D eigenvalue weighted by Crippen LogP contribution is 2.29. The Labute approximate surface area is 154 Å². The fraction of sp³-hybridized carbons (Fsp3) is 0.375. The van der Waals surface area contributed by atoms with E-state index in [4.69, 9.17) is 0 Å². The predicted molar refractivity (Wildman–Crippen MR) is 100 cm³/mol. The van der Waals surface area contributed by atoms with Gasteiger partial charge in [-0.3, -0.25) is 9.59 Å². The fourth-order valence-corrected chi connectivity index (χ4v) is 3.68. The topological polar surface area (TPSA) is 96.0 Å². The van der Waals surface area contributed by atoms with E-state index in [2.05, 4.69) is 26.1 Å². The van der Waals surface area contributed by atoms with Gasteiger partial charge < -0.3 is 16.0 Å². The maximum absolute atomic E-state index is 11.7. The summed E-state index contributed by atoms with van der Waals surface area (Å²) in [4.78, 5) is 22.9. The Morgan fingerprint density at radius 2 is 2.08 bits per heavy atom. The van der Waals surface area contributed by atoms with E-state index < -0.39 is 0 Å². The van der Waals surface area contributed by atoms with E-state index in [1.165, 1.54) is 42.9 Å². The van der Waals surface area contributed by atoms with Crippen molar-refractivity contribution >= 4 is 51.4 Å². The van der Waals surface area contributed by atoms with Crippen molar-refractivity contribution in [1.29, 1.82) is 0 Å². The lowest BCUT2D eigenvalue weighted by Crippen LogP contribution is -2.27. The van der Waals surface area contributed by atoms with E-state index in [0.29, 0.717) is 22.5 Å². The highest BCUT2D eigenvalue weighted by molar-refractivity contribution is 8.01. The van der Waals surface area contributed by atoms with Crippen LogP contribution in [0.25, 0.3) is 0 Å². The summed E-state index contributed by atoms with van der Waals surface area (Å²) < 4.78 is 0.738. The summed E-state index contributed by atoms with van der Waals surface area (Å²) in [7, 11) is 0. The second kappa shape index (κ2) is 8.30. The van der Waals surface area contributed by atoms with E-state index in [1.807, 2.05) is 24.3 Å². The SMILES string of the molecule is CC(=O)Nc1cccc(Nc2nnc(SCC(=O)NCC3CC3)s2)c1. The first-order valence-corrected chi connectivity index (χ1v) is 9.76. The predicted octanol–water partition coefficient (Wildman–Crippen LogP) is 2.86. The molecule has 1 saturated carbocycles. The second-order valence-corrected chi connectivity index (χ2v) is 8.00. The van der Waals surface area contributed by atoms with E-state index in [9.17, 15) is 9.59 Å². The van der Waals surface area contributed by atoms with Gasteiger partial charge in [0.25, 0.3) is 0 Å². The quantitative estimate of drug-likeness (QED) is 0.612. The van der Waals surface area contributed by atoms with Crippen molar-refractivity contribution < 1.29 is 9.59 Å². The second-order valence-electron chi connectivity index (χ2n) is 5.80. The monoisotopic (exact) mass is 377 g/mol. The van der Waals surface area contributed by atoms with Gasteiger partial charge in [0, 0.05) is 24.8 Å². The van der Waals surface area contributed by atoms with Crippen LogP contribution in [0.1, 0.15) is 19.8 Å². The van der Waals surface area contributed by atoms with Gasteiger partial charge in [0.15, 0.2) is 4.34 Å². The lowest BCUT2D eigenvalue weighted by Gasteiger charge is -2.05. The Balaban J connectivity index is 1.49. The van der Waals surface area contributed by atoms with Gasteiger partial charge in [0.1, 0.15) is 0 Å². The van der Waals surface area contributed by atoms with Gasteiger partial charge in [0.2, 0.25) is 16.9 Å². The number of carbonyl (C=O) groups is 2. The molecule has 3 rings (SSSR count). The number of hydrogen-bond acceptors (Lipinski definition) is 7. The first kappa shape index (κ1) is 17.7. The highest BCUT2D eigenvalue weighted by atomic mass is 32.2. The number of aromatic nitrogens is 2. The average Bonchev–Trinajstić information content (AvgIpc) is 3.30. The minimum atomic E-state index is -0.119. The summed E-state index contributed by atoms with van der Waals surface area (Å²) in [6.45, 7) is 2.25. The van der Waals surface area contributed by atoms with Crippen molar-refractivity contribution in [2.75, 3.05) is 22.9 Å². The van der Waals surface area contributed by atoms with Crippen LogP contribution in [0.2, 0.25) is 0 Å². The molecule has 0 aliphatic heterocycles. The highest BCUT2D eigenvalue weighted by Gasteiger charge is 2.21. The standard InChI is InChI=1S/C16H19N5O2S2/c1-10(22)18-12-3-2-4-13(7-12)19-15-20-21-16(25-15)24-9-14(23)17-8-11-5-6-11/h2-4,7,11H,5-6,8-9H2,1H3,(H,17,23)(H,18,22)(H,19,20). The average molecular weight is 377 g/mol. The smallest absolute Gasteiger partial charge is 0.230 e. The zero-order valence-electron chi connectivity index (χ0n) is 13.7. The fourth-order valence-electron chi connectivity index (χ4n) is 2.08. The van der Waals surface area contributed by atoms with Gasteiger partial charge in [-0.1, -0.05) is 29.2 Å². The van der Waals surface area contributed by atoms with E-state index >= 15 is 0 Å². The zero-order chi connectivity index (χ0) is 17.6. The van der Waals surface area contributed by atoms with Gasteiger partial charge >= 0.3 is 0 Å². The molecule has 0 radical (unpaired) electrons. The van der Waals surface area contributed by atoms with Crippen molar-refractivity contribution in [2.45, 2.75) is 24.1 Å². The first-order chi connectivity index (χ1) is 12.1. The van der Waals surface area contributed by atoms with Crippen molar-refractivity contribution in [3.8, 4) is 0 Å². The van der Waals surface area contributed by atoms with E-state index in [-0.39, 0.29) is 11.8 Å². The van der Waals surface area contributed by atoms with E-state index in [1.54, 1.807) is 0 Å². The van der Waals surface area contributed by atoms with Crippen molar-refractivity contribution in [2.24, 2.45) is 5.92 Å². The van der Waals surface area contributed by atoms with Gasteiger partial charge in [-0.2, -0.15) is 0 Å². The van der Waals surface area contributed by atoms with Crippen LogP contribution in [-0.2, 0) is 9.59 Å². The molecule has 1 aromatic carbocycles. The molecule has 0 spiro atoms. The number of nitrogens with one attached hydrogen (secondary N) is 3. The molecule has 7 nitrogen and oxygen atoms in total. The molecule has 1 heterocycles. The Bertz CT molecular complexity index is 760. The minimum absolute atomic E-state index is 0.0321. The molecule has 1 aromatic heterocycles. The Morgan fingerprint density at radius 1 is 1.28 bits per heavy atom. The molecule has 0 saturated heterocycles. The summed E-state index contributed by atoms with van der Waals surface area (Å²) in [6, 6.07) is 7.36. The number of carbonyl (C=O) groups excluding carboxylic acids is 2. The molecule has 9 heteroatoms. The normalized spacial score (nSPS) is 13.3. The van der Waals surface area contributed by atoms with Crippen molar-refractivity contribution in [1.82, 2.24) is 15.5 Å². The molecule has 0 atom stereocenters. The summed E-state index contributed by atoms with van der Waals surface area (Å²) in [5, 5.41) is 17.6. The maximum Gasteiger partial charge on any atom is 0.230 e. The lowest BCUT2D eigenvalue weighted by atomic mass is 10.3. The molecule has 2 aromatic rings. The summed E-state index contributed by atoms with van der Waals surface area (Å²) in [6.07, 6.45) is 2.45. The van der Waals surface area contributed by atoms with Gasteiger partial charge in [0.05, 0.1) is 5.75 Å². The third-order valence-electron chi connectivity index (χ3n) is 3.45. The Kier molecular flexibility index (Phi) is 5.87. The first-order valence-electron chi connectivity index (χ1n) is 7.96. The van der Waals surface area contributed by atoms with Crippen LogP contribution in [0, 0.1) is 5.92 Å². The molecule has 1 fully saturated rings. The third kappa shape index (κ3) is 6.02. The van der Waals surface area contributed by atoms with Crippen LogP contribution < -0.4 is 16.0 Å². The summed E-state index contributed by atoms with van der Waals surface area (Å²) >= 11 is 2.77. The molecular weight excluding hydrogens is 358 g/mol. The number of anilines is 3. The number of thioether (sulfide) groups is 1. The number of benzene rings is 1. The lowest BCUT2D eigenvalue weighted by molar-refractivity contribution is -0.118. The van der Waals surface area contributed by atoms with Crippen LogP contribution in [0.15, 0.2) is 28.6 Å². The summed E-state index contributed by atoms with van der Waals surface area (Å²) in [5.41, 5.74) is 1.52. The number of hydrogen-bond donors (Lipinski definition) is 3. The molecule has 0 bridgehead atoms. The van der Waals surface area contributed by atoms with Gasteiger partial charge in [-0.05, 0) is 37.0 Å². The Hall–Kier alpha value is -2.13. The molecule has 132 valence electrons. The van der Waals surface area contributed by atoms with Gasteiger partial charge in [-0.15, -0.1) is 10.2 Å². The molecule has 25 heavy (non-hydrogen) atoms. The van der Waals surface area contributed by atoms with Crippen LogP contribution >= 0.6 is 23.1 Å². The van der Waals surface area contributed by atoms with Crippen molar-refractivity contribution in [3.05, 3.63) is 24.3 Å². The summed E-state index contributed by atoms with van der Waals surface area (Å²) in [5.74, 6) is 0.940. The molecule has 1 aliphatic carbocycles. The number of rotatable bonds is 8. The van der Waals surface area contributed by atoms with Crippen LogP contribution in [0.5, 0.6) is 0 Å². The third-order valence-corrected chi connectivity index (χ3v) is 5.42. The molecule has 1 aliphatic rings. The van der Waals surface area contributed by atoms with Crippen molar-refractivity contribution in [3.63, 3.8) is 0 Å². The van der Waals surface area contributed by atoms with Crippen LogP contribution in [0.4, 0.5) is 16.5 Å². The number of amides is 2. The van der Waals surface area contributed by atoms with E-state index in [0.717, 1.165) is 16.6 Å². The van der Waals surface area contributed by atoms with Gasteiger partial charge in [-0.25, -0.2) is 0 Å². The zero-order valence-corrected chi connectivity index (χ0v) is 15.4. The number of nitrogens with zero attached hydrogens (tertiary/aromatic N) is 2. The maximum atomic E-state index is 11.7. The van der Waals surface area contributed by atoms with Crippen LogP contribution in [-0.4, -0.2) is 34.3 Å². The molecular formula is C16H19N5O2S2.